The second-order valence-electron chi connectivity index (χ2n) is 6.36. The first-order valence-electron chi connectivity index (χ1n) is 8.24. The van der Waals surface area contributed by atoms with Gasteiger partial charge in [-0.3, -0.25) is 4.79 Å². The minimum absolute atomic E-state index is 0.0441. The van der Waals surface area contributed by atoms with Gasteiger partial charge >= 0.3 is 0 Å². The van der Waals surface area contributed by atoms with Crippen molar-refractivity contribution in [2.24, 2.45) is 5.10 Å². The topological polar surface area (TPSA) is 50.7 Å². The highest BCUT2D eigenvalue weighted by molar-refractivity contribution is 6.31. The lowest BCUT2D eigenvalue weighted by molar-refractivity contribution is -0.123. The van der Waals surface area contributed by atoms with Crippen LogP contribution in [0.4, 0.5) is 0 Å². The molecule has 1 fully saturated rings. The maximum Gasteiger partial charge on any atom is 0.277 e. The van der Waals surface area contributed by atoms with Crippen molar-refractivity contribution in [3.63, 3.8) is 0 Å². The molecular formula is C18H25ClN2O2. The smallest absolute Gasteiger partial charge is 0.277 e. The SMILES string of the molecule is Cc1cc(OCC(=O)NN=C2CCCCC2)c(C(C)C)cc1Cl. The summed E-state index contributed by atoms with van der Waals surface area (Å²) in [5.41, 5.74) is 5.62. The molecule has 1 saturated carbocycles. The Morgan fingerprint density at radius 2 is 2.00 bits per heavy atom. The normalized spacial score (nSPS) is 14.7. The summed E-state index contributed by atoms with van der Waals surface area (Å²) < 4.78 is 5.70. The number of hydrogen-bond acceptors (Lipinski definition) is 3. The number of hydrazone groups is 1. The van der Waals surface area contributed by atoms with E-state index in [2.05, 4.69) is 24.4 Å². The first-order chi connectivity index (χ1) is 11.0. The van der Waals surface area contributed by atoms with Gasteiger partial charge < -0.3 is 4.74 Å². The third-order valence-corrected chi connectivity index (χ3v) is 4.45. The molecule has 0 unspecified atom stereocenters. The lowest BCUT2D eigenvalue weighted by Crippen LogP contribution is -2.26. The molecule has 1 aliphatic rings. The Kier molecular flexibility index (Phi) is 6.46. The van der Waals surface area contributed by atoms with E-state index in [1.807, 2.05) is 19.1 Å². The van der Waals surface area contributed by atoms with Crippen LogP contribution in [0, 0.1) is 6.92 Å². The van der Waals surface area contributed by atoms with Crippen molar-refractivity contribution in [1.82, 2.24) is 5.43 Å². The lowest BCUT2D eigenvalue weighted by Gasteiger charge is -2.16. The fraction of sp³-hybridized carbons (Fsp3) is 0.556. The number of carbonyl (C=O) groups is 1. The van der Waals surface area contributed by atoms with E-state index in [1.54, 1.807) is 0 Å². The largest absolute Gasteiger partial charge is 0.483 e. The highest BCUT2D eigenvalue weighted by Crippen LogP contribution is 2.31. The zero-order valence-corrected chi connectivity index (χ0v) is 14.9. The molecule has 0 atom stereocenters. The zero-order valence-electron chi connectivity index (χ0n) is 14.1. The molecule has 1 amide bonds. The molecule has 0 saturated heterocycles. The van der Waals surface area contributed by atoms with Gasteiger partial charge in [-0.2, -0.15) is 5.10 Å². The molecule has 5 heteroatoms. The van der Waals surface area contributed by atoms with Gasteiger partial charge in [0.2, 0.25) is 0 Å². The number of aryl methyl sites for hydroxylation is 1. The molecule has 0 aliphatic heterocycles. The van der Waals surface area contributed by atoms with Crippen LogP contribution in [0.2, 0.25) is 5.02 Å². The first-order valence-corrected chi connectivity index (χ1v) is 8.62. The average Bonchev–Trinajstić information content (AvgIpc) is 2.54. The van der Waals surface area contributed by atoms with Crippen LogP contribution in [-0.2, 0) is 4.79 Å². The molecule has 0 spiro atoms. The fourth-order valence-electron chi connectivity index (χ4n) is 2.64. The van der Waals surface area contributed by atoms with Gasteiger partial charge in [-0.1, -0.05) is 31.9 Å². The van der Waals surface area contributed by atoms with E-state index >= 15 is 0 Å². The maximum absolute atomic E-state index is 11.9. The van der Waals surface area contributed by atoms with Crippen LogP contribution < -0.4 is 10.2 Å². The number of carbonyl (C=O) groups excluding carboxylic acids is 1. The molecule has 1 aromatic carbocycles. The molecule has 2 rings (SSSR count). The van der Waals surface area contributed by atoms with E-state index in [4.69, 9.17) is 16.3 Å². The minimum Gasteiger partial charge on any atom is -0.483 e. The number of nitrogens with one attached hydrogen (secondary N) is 1. The van der Waals surface area contributed by atoms with Crippen LogP contribution in [-0.4, -0.2) is 18.2 Å². The Balaban J connectivity index is 1.94. The number of ether oxygens (including phenoxy) is 1. The van der Waals surface area contributed by atoms with Crippen molar-refractivity contribution in [1.29, 1.82) is 0 Å². The average molecular weight is 337 g/mol. The van der Waals surface area contributed by atoms with E-state index < -0.39 is 0 Å². The molecule has 4 nitrogen and oxygen atoms in total. The highest BCUT2D eigenvalue weighted by atomic mass is 35.5. The second kappa shape index (κ2) is 8.34. The van der Waals surface area contributed by atoms with Crippen molar-refractivity contribution in [2.45, 2.75) is 58.8 Å². The maximum atomic E-state index is 11.9. The molecule has 0 bridgehead atoms. The second-order valence-corrected chi connectivity index (χ2v) is 6.76. The fourth-order valence-corrected chi connectivity index (χ4v) is 2.81. The van der Waals surface area contributed by atoms with Crippen molar-refractivity contribution < 1.29 is 9.53 Å². The van der Waals surface area contributed by atoms with Crippen molar-refractivity contribution in [3.8, 4) is 5.75 Å². The summed E-state index contributed by atoms with van der Waals surface area (Å²) in [6.07, 6.45) is 5.54. The van der Waals surface area contributed by atoms with E-state index in [1.165, 1.54) is 6.42 Å². The summed E-state index contributed by atoms with van der Waals surface area (Å²) in [6.45, 7) is 6.03. The Bertz CT molecular complexity index is 589. The Labute approximate surface area is 143 Å². The van der Waals surface area contributed by atoms with Gasteiger partial charge in [-0.05, 0) is 61.8 Å². The van der Waals surface area contributed by atoms with Gasteiger partial charge in [0.15, 0.2) is 6.61 Å². The molecule has 0 aromatic heterocycles. The van der Waals surface area contributed by atoms with Crippen LogP contribution >= 0.6 is 11.6 Å². The standard InChI is InChI=1S/C18H25ClN2O2/c1-12(2)15-10-16(19)13(3)9-17(15)23-11-18(22)21-20-14-7-5-4-6-8-14/h9-10,12H,4-8,11H2,1-3H3,(H,21,22). The van der Waals surface area contributed by atoms with E-state index in [-0.39, 0.29) is 18.4 Å². The van der Waals surface area contributed by atoms with Gasteiger partial charge in [0.1, 0.15) is 5.75 Å². The molecule has 126 valence electrons. The highest BCUT2D eigenvalue weighted by Gasteiger charge is 2.13. The summed E-state index contributed by atoms with van der Waals surface area (Å²) in [5, 5.41) is 4.92. The molecule has 1 aliphatic carbocycles. The molecule has 0 radical (unpaired) electrons. The van der Waals surface area contributed by atoms with Gasteiger partial charge in [0.25, 0.3) is 5.91 Å². The molecule has 0 heterocycles. The molecule has 1 aromatic rings. The van der Waals surface area contributed by atoms with Crippen LogP contribution in [0.1, 0.15) is 63.0 Å². The predicted octanol–water partition coefficient (Wildman–Crippen LogP) is 4.59. The van der Waals surface area contributed by atoms with Crippen LogP contribution in [0.3, 0.4) is 0 Å². The van der Waals surface area contributed by atoms with Gasteiger partial charge in [0, 0.05) is 10.7 Å². The van der Waals surface area contributed by atoms with Crippen LogP contribution in [0.25, 0.3) is 0 Å². The van der Waals surface area contributed by atoms with Gasteiger partial charge in [-0.25, -0.2) is 5.43 Å². The van der Waals surface area contributed by atoms with Crippen molar-refractivity contribution >= 4 is 23.2 Å². The molecule has 23 heavy (non-hydrogen) atoms. The summed E-state index contributed by atoms with van der Waals surface area (Å²) >= 11 is 6.18. The summed E-state index contributed by atoms with van der Waals surface area (Å²) in [5.74, 6) is 0.751. The molecule has 1 N–H and O–H groups in total. The van der Waals surface area contributed by atoms with Gasteiger partial charge in [0.05, 0.1) is 0 Å². The van der Waals surface area contributed by atoms with Crippen LogP contribution in [0.15, 0.2) is 17.2 Å². The summed E-state index contributed by atoms with van der Waals surface area (Å²) in [7, 11) is 0. The Hall–Kier alpha value is -1.55. The Morgan fingerprint density at radius 1 is 1.30 bits per heavy atom. The first kappa shape index (κ1) is 17.8. The lowest BCUT2D eigenvalue weighted by atomic mass is 9.99. The minimum atomic E-state index is -0.231. The summed E-state index contributed by atoms with van der Waals surface area (Å²) in [4.78, 5) is 11.9. The van der Waals surface area contributed by atoms with Crippen LogP contribution in [0.5, 0.6) is 5.75 Å². The van der Waals surface area contributed by atoms with E-state index in [0.717, 1.165) is 42.5 Å². The quantitative estimate of drug-likeness (QED) is 0.800. The number of halogens is 1. The molecular weight excluding hydrogens is 312 g/mol. The number of rotatable bonds is 5. The van der Waals surface area contributed by atoms with Crippen molar-refractivity contribution in [3.05, 3.63) is 28.3 Å². The van der Waals surface area contributed by atoms with Crippen molar-refractivity contribution in [2.75, 3.05) is 6.61 Å². The third kappa shape index (κ3) is 5.24. The monoisotopic (exact) mass is 336 g/mol. The van der Waals surface area contributed by atoms with Gasteiger partial charge in [-0.15, -0.1) is 0 Å². The summed E-state index contributed by atoms with van der Waals surface area (Å²) in [6, 6.07) is 3.80. The number of benzene rings is 1. The number of amides is 1. The predicted molar refractivity (Wildman–Crippen MR) is 94.4 cm³/mol. The number of nitrogens with zero attached hydrogens (tertiary/aromatic N) is 1. The third-order valence-electron chi connectivity index (χ3n) is 4.04. The van der Waals surface area contributed by atoms with E-state index in [0.29, 0.717) is 10.8 Å². The Morgan fingerprint density at radius 3 is 2.65 bits per heavy atom. The zero-order chi connectivity index (χ0) is 16.8. The number of hydrogen-bond donors (Lipinski definition) is 1. The van der Waals surface area contributed by atoms with E-state index in [9.17, 15) is 4.79 Å².